The maximum atomic E-state index is 12.6. The Morgan fingerprint density at radius 1 is 1.21 bits per heavy atom. The molecular formula is C15H22BrNOS. The fourth-order valence-electron chi connectivity index (χ4n) is 1.98. The quantitative estimate of drug-likeness (QED) is 0.780. The number of carbonyl (C=O) groups is 1. The van der Waals surface area contributed by atoms with Crippen molar-refractivity contribution >= 4 is 34.5 Å². The molecule has 1 rings (SSSR count). The van der Waals surface area contributed by atoms with E-state index in [4.69, 9.17) is 0 Å². The smallest absolute Gasteiger partial charge is 0.254 e. The van der Waals surface area contributed by atoms with Crippen LogP contribution in [0.4, 0.5) is 0 Å². The molecule has 0 aromatic heterocycles. The van der Waals surface area contributed by atoms with Gasteiger partial charge in [-0.2, -0.15) is 0 Å². The zero-order valence-corrected chi connectivity index (χ0v) is 14.5. The number of halogens is 1. The molecule has 0 saturated heterocycles. The van der Waals surface area contributed by atoms with E-state index in [-0.39, 0.29) is 5.91 Å². The van der Waals surface area contributed by atoms with Crippen molar-refractivity contribution in [1.82, 2.24) is 4.90 Å². The number of hydrogen-bond acceptors (Lipinski definition) is 2. The summed E-state index contributed by atoms with van der Waals surface area (Å²) in [5, 5.41) is 0. The van der Waals surface area contributed by atoms with Crippen LogP contribution in [0.2, 0.25) is 0 Å². The Hall–Kier alpha value is -0.480. The average molecular weight is 344 g/mol. The molecule has 1 amide bonds. The van der Waals surface area contributed by atoms with Crippen molar-refractivity contribution in [2.75, 3.05) is 13.1 Å². The van der Waals surface area contributed by atoms with Gasteiger partial charge in [0.25, 0.3) is 5.91 Å². The van der Waals surface area contributed by atoms with Gasteiger partial charge >= 0.3 is 0 Å². The van der Waals surface area contributed by atoms with Crippen molar-refractivity contribution < 1.29 is 4.79 Å². The molecule has 106 valence electrons. The topological polar surface area (TPSA) is 20.3 Å². The average Bonchev–Trinajstić information content (AvgIpc) is 2.26. The molecule has 19 heavy (non-hydrogen) atoms. The summed E-state index contributed by atoms with van der Waals surface area (Å²) in [7, 11) is 0. The lowest BCUT2D eigenvalue weighted by Crippen LogP contribution is -2.37. The molecule has 0 aliphatic heterocycles. The van der Waals surface area contributed by atoms with Crippen molar-refractivity contribution in [2.45, 2.75) is 32.6 Å². The first-order valence-corrected chi connectivity index (χ1v) is 7.83. The minimum atomic E-state index is 0.0694. The minimum absolute atomic E-state index is 0.0694. The molecule has 0 fully saturated rings. The Kier molecular flexibility index (Phi) is 6.40. The van der Waals surface area contributed by atoms with Crippen LogP contribution in [0.25, 0.3) is 0 Å². The summed E-state index contributed by atoms with van der Waals surface area (Å²) in [6.45, 7) is 10.1. The molecule has 0 saturated carbocycles. The molecule has 0 atom stereocenters. The van der Waals surface area contributed by atoms with Crippen molar-refractivity contribution in [2.24, 2.45) is 11.8 Å². The van der Waals surface area contributed by atoms with Gasteiger partial charge in [-0.15, -0.1) is 12.6 Å². The summed E-state index contributed by atoms with van der Waals surface area (Å²) < 4.78 is 0.938. The van der Waals surface area contributed by atoms with E-state index >= 15 is 0 Å². The second-order valence-electron chi connectivity index (χ2n) is 5.66. The number of amides is 1. The van der Waals surface area contributed by atoms with Crippen LogP contribution in [-0.2, 0) is 0 Å². The number of benzene rings is 1. The van der Waals surface area contributed by atoms with Crippen LogP contribution in [-0.4, -0.2) is 23.9 Å². The number of thiol groups is 1. The molecule has 1 aromatic carbocycles. The van der Waals surface area contributed by atoms with Crippen LogP contribution in [0.1, 0.15) is 38.1 Å². The zero-order chi connectivity index (χ0) is 14.6. The molecule has 2 nitrogen and oxygen atoms in total. The van der Waals surface area contributed by atoms with E-state index in [2.05, 4.69) is 56.3 Å². The summed E-state index contributed by atoms with van der Waals surface area (Å²) >= 11 is 7.79. The van der Waals surface area contributed by atoms with Crippen molar-refractivity contribution in [3.8, 4) is 0 Å². The largest absolute Gasteiger partial charge is 0.338 e. The van der Waals surface area contributed by atoms with Crippen molar-refractivity contribution in [1.29, 1.82) is 0 Å². The first kappa shape index (κ1) is 16.6. The van der Waals surface area contributed by atoms with Crippen molar-refractivity contribution in [3.63, 3.8) is 0 Å². The lowest BCUT2D eigenvalue weighted by molar-refractivity contribution is 0.0711. The second-order valence-corrected chi connectivity index (χ2v) is 7.06. The minimum Gasteiger partial charge on any atom is -0.338 e. The van der Waals surface area contributed by atoms with Crippen molar-refractivity contribution in [3.05, 3.63) is 28.2 Å². The highest BCUT2D eigenvalue weighted by atomic mass is 79.9. The first-order valence-electron chi connectivity index (χ1n) is 6.59. The van der Waals surface area contributed by atoms with Gasteiger partial charge in [-0.3, -0.25) is 4.79 Å². The molecule has 0 heterocycles. The first-order chi connectivity index (χ1) is 8.81. The summed E-state index contributed by atoms with van der Waals surface area (Å²) in [6.07, 6.45) is 0. The fourth-order valence-corrected chi connectivity index (χ4v) is 2.83. The van der Waals surface area contributed by atoms with E-state index in [1.165, 1.54) is 0 Å². The number of rotatable bonds is 5. The molecule has 4 heteroatoms. The van der Waals surface area contributed by atoms with E-state index in [0.717, 1.165) is 22.5 Å². The Morgan fingerprint density at radius 2 is 1.74 bits per heavy atom. The summed E-state index contributed by atoms with van der Waals surface area (Å²) in [5.74, 6) is 0.989. The van der Waals surface area contributed by atoms with E-state index in [1.807, 2.05) is 23.1 Å². The van der Waals surface area contributed by atoms with Crippen LogP contribution >= 0.6 is 28.6 Å². The molecule has 0 aliphatic rings. The molecular weight excluding hydrogens is 322 g/mol. The highest BCUT2D eigenvalue weighted by molar-refractivity contribution is 9.10. The van der Waals surface area contributed by atoms with Crippen LogP contribution in [0.5, 0.6) is 0 Å². The van der Waals surface area contributed by atoms with Gasteiger partial charge in [0.05, 0.1) is 5.56 Å². The molecule has 0 radical (unpaired) electrons. The number of hydrogen-bond donors (Lipinski definition) is 1. The summed E-state index contributed by atoms with van der Waals surface area (Å²) in [6, 6.07) is 5.58. The monoisotopic (exact) mass is 343 g/mol. The number of nitrogens with zero attached hydrogens (tertiary/aromatic N) is 1. The van der Waals surface area contributed by atoms with E-state index in [0.29, 0.717) is 17.4 Å². The Balaban J connectivity index is 2.97. The third-order valence-corrected chi connectivity index (χ3v) is 3.51. The molecule has 0 aliphatic carbocycles. The van der Waals surface area contributed by atoms with Crippen LogP contribution in [0.15, 0.2) is 27.6 Å². The highest BCUT2D eigenvalue weighted by Crippen LogP contribution is 2.22. The SMILES string of the molecule is CC(C)CN(CC(C)C)C(=O)c1ccc(Br)cc1S. The lowest BCUT2D eigenvalue weighted by atomic mass is 10.1. The van der Waals surface area contributed by atoms with E-state index < -0.39 is 0 Å². The second kappa shape index (κ2) is 7.34. The Bertz CT molecular complexity index is 436. The summed E-state index contributed by atoms with van der Waals surface area (Å²) in [4.78, 5) is 15.3. The zero-order valence-electron chi connectivity index (χ0n) is 12.0. The lowest BCUT2D eigenvalue weighted by Gasteiger charge is -2.27. The van der Waals surface area contributed by atoms with E-state index in [9.17, 15) is 4.79 Å². The number of carbonyl (C=O) groups excluding carboxylic acids is 1. The normalized spacial score (nSPS) is 11.2. The molecule has 0 unspecified atom stereocenters. The predicted molar refractivity (Wildman–Crippen MR) is 87.0 cm³/mol. The standard InChI is InChI=1S/C15H22BrNOS/c1-10(2)8-17(9-11(3)4)15(18)13-6-5-12(16)7-14(13)19/h5-7,10-11,19H,8-9H2,1-4H3. The van der Waals surface area contributed by atoms with Gasteiger partial charge in [0, 0.05) is 22.5 Å². The highest BCUT2D eigenvalue weighted by Gasteiger charge is 2.19. The third-order valence-electron chi connectivity index (χ3n) is 2.65. The van der Waals surface area contributed by atoms with Gasteiger partial charge < -0.3 is 4.90 Å². The third kappa shape index (κ3) is 5.19. The van der Waals surface area contributed by atoms with Gasteiger partial charge in [-0.1, -0.05) is 43.6 Å². The Labute approximate surface area is 130 Å². The van der Waals surface area contributed by atoms with Gasteiger partial charge in [-0.25, -0.2) is 0 Å². The van der Waals surface area contributed by atoms with Crippen LogP contribution in [0, 0.1) is 11.8 Å². The van der Waals surface area contributed by atoms with Gasteiger partial charge in [-0.05, 0) is 30.0 Å². The predicted octanol–water partition coefficient (Wildman–Crippen LogP) is 4.49. The Morgan fingerprint density at radius 3 is 2.16 bits per heavy atom. The maximum absolute atomic E-state index is 12.6. The van der Waals surface area contributed by atoms with Gasteiger partial charge in [0.2, 0.25) is 0 Å². The molecule has 1 aromatic rings. The van der Waals surface area contributed by atoms with Crippen LogP contribution in [0.3, 0.4) is 0 Å². The maximum Gasteiger partial charge on any atom is 0.254 e. The summed E-state index contributed by atoms with van der Waals surface area (Å²) in [5.41, 5.74) is 0.674. The van der Waals surface area contributed by atoms with Gasteiger partial charge in [0.15, 0.2) is 0 Å². The van der Waals surface area contributed by atoms with E-state index in [1.54, 1.807) is 0 Å². The van der Waals surface area contributed by atoms with Crippen LogP contribution < -0.4 is 0 Å². The van der Waals surface area contributed by atoms with Gasteiger partial charge in [0.1, 0.15) is 0 Å². The fraction of sp³-hybridized carbons (Fsp3) is 0.533. The molecule has 0 spiro atoms. The molecule has 0 N–H and O–H groups in total. The molecule has 0 bridgehead atoms.